The van der Waals surface area contributed by atoms with Crippen molar-refractivity contribution in [2.75, 3.05) is 5.32 Å². The lowest BCUT2D eigenvalue weighted by molar-refractivity contribution is 0.619. The van der Waals surface area contributed by atoms with E-state index in [1.807, 2.05) is 6.92 Å². The molecule has 20 heavy (non-hydrogen) atoms. The van der Waals surface area contributed by atoms with Crippen LogP contribution in [0.25, 0.3) is 0 Å². The van der Waals surface area contributed by atoms with Crippen molar-refractivity contribution in [3.8, 4) is 6.07 Å². The Morgan fingerprint density at radius 3 is 2.50 bits per heavy atom. The fraction of sp³-hybridized carbons (Fsp3) is 0.133. The fourth-order valence-electron chi connectivity index (χ4n) is 1.82. The van der Waals surface area contributed by atoms with E-state index in [1.54, 1.807) is 24.3 Å². The van der Waals surface area contributed by atoms with Gasteiger partial charge in [0.05, 0.1) is 10.0 Å². The molecule has 0 aliphatic carbocycles. The highest BCUT2D eigenvalue weighted by Gasteiger charge is 2.09. The number of hydrogen-bond acceptors (Lipinski definition) is 2. The normalized spacial score (nSPS) is 11.8. The van der Waals surface area contributed by atoms with Gasteiger partial charge in [-0.05, 0) is 58.7 Å². The van der Waals surface area contributed by atoms with Crippen LogP contribution in [0.3, 0.4) is 0 Å². The van der Waals surface area contributed by atoms with Gasteiger partial charge in [-0.15, -0.1) is 0 Å². The lowest BCUT2D eigenvalue weighted by atomic mass is 10.1. The van der Waals surface area contributed by atoms with E-state index in [4.69, 9.17) is 5.26 Å². The molecule has 5 heteroatoms. The lowest BCUT2D eigenvalue weighted by Crippen LogP contribution is -2.07. The molecule has 1 unspecified atom stereocenters. The van der Waals surface area contributed by atoms with Crippen molar-refractivity contribution in [3.05, 3.63) is 63.6 Å². The summed E-state index contributed by atoms with van der Waals surface area (Å²) in [6.45, 7) is 1.90. The standard InChI is InChI=1S/C15H11BrF2N2/c1-9(10-2-4-15(18)13(16)7-10)20-12-3-5-14(17)11(6-12)8-19/h2-7,9,20H,1H3. The SMILES string of the molecule is CC(Nc1ccc(F)c(C#N)c1)c1ccc(F)c(Br)c1. The third-order valence-corrected chi connectivity index (χ3v) is 3.52. The zero-order valence-corrected chi connectivity index (χ0v) is 12.2. The van der Waals surface area contributed by atoms with Gasteiger partial charge in [-0.2, -0.15) is 5.26 Å². The smallest absolute Gasteiger partial charge is 0.141 e. The van der Waals surface area contributed by atoms with Gasteiger partial charge in [-0.3, -0.25) is 0 Å². The predicted molar refractivity (Wildman–Crippen MR) is 77.3 cm³/mol. The highest BCUT2D eigenvalue weighted by Crippen LogP contribution is 2.24. The highest BCUT2D eigenvalue weighted by atomic mass is 79.9. The van der Waals surface area contributed by atoms with Crippen molar-refractivity contribution >= 4 is 21.6 Å². The van der Waals surface area contributed by atoms with Crippen molar-refractivity contribution < 1.29 is 8.78 Å². The molecule has 0 bridgehead atoms. The molecule has 0 amide bonds. The van der Waals surface area contributed by atoms with Crippen molar-refractivity contribution in [3.63, 3.8) is 0 Å². The van der Waals surface area contributed by atoms with Crippen LogP contribution in [0.1, 0.15) is 24.1 Å². The van der Waals surface area contributed by atoms with Crippen LogP contribution in [0.15, 0.2) is 40.9 Å². The second-order valence-corrected chi connectivity index (χ2v) is 5.20. The Morgan fingerprint density at radius 1 is 1.15 bits per heavy atom. The Kier molecular flexibility index (Phi) is 4.35. The Hall–Kier alpha value is -1.93. The predicted octanol–water partition coefficient (Wildman–Crippen LogP) is 4.77. The molecule has 2 nitrogen and oxygen atoms in total. The number of halogens is 3. The van der Waals surface area contributed by atoms with Crippen LogP contribution in [0.4, 0.5) is 14.5 Å². The summed E-state index contributed by atoms with van der Waals surface area (Å²) in [6.07, 6.45) is 0. The molecule has 0 aromatic heterocycles. The number of nitriles is 1. The Bertz CT molecular complexity index is 680. The van der Waals surface area contributed by atoms with E-state index >= 15 is 0 Å². The summed E-state index contributed by atoms with van der Waals surface area (Å²) < 4.78 is 26.8. The Labute approximate surface area is 124 Å². The van der Waals surface area contributed by atoms with Crippen LogP contribution in [0, 0.1) is 23.0 Å². The molecular formula is C15H11BrF2N2. The van der Waals surface area contributed by atoms with Crippen LogP contribution < -0.4 is 5.32 Å². The molecule has 0 fully saturated rings. The molecule has 2 aromatic rings. The fourth-order valence-corrected chi connectivity index (χ4v) is 2.21. The highest BCUT2D eigenvalue weighted by molar-refractivity contribution is 9.10. The molecule has 0 aliphatic heterocycles. The van der Waals surface area contributed by atoms with Crippen LogP contribution in [-0.4, -0.2) is 0 Å². The van der Waals surface area contributed by atoms with Crippen molar-refractivity contribution in [2.45, 2.75) is 13.0 Å². The largest absolute Gasteiger partial charge is 0.378 e. The second kappa shape index (κ2) is 6.02. The Morgan fingerprint density at radius 2 is 1.85 bits per heavy atom. The molecule has 0 saturated carbocycles. The van der Waals surface area contributed by atoms with E-state index in [9.17, 15) is 8.78 Å². The van der Waals surface area contributed by atoms with E-state index in [-0.39, 0.29) is 17.4 Å². The topological polar surface area (TPSA) is 35.8 Å². The van der Waals surface area contributed by atoms with Crippen molar-refractivity contribution in [1.82, 2.24) is 0 Å². The van der Waals surface area contributed by atoms with Gasteiger partial charge in [0.2, 0.25) is 0 Å². The van der Waals surface area contributed by atoms with E-state index in [0.29, 0.717) is 10.2 Å². The van der Waals surface area contributed by atoms with E-state index < -0.39 is 5.82 Å². The first-order valence-electron chi connectivity index (χ1n) is 5.92. The zero-order valence-electron chi connectivity index (χ0n) is 10.6. The maximum atomic E-state index is 13.2. The monoisotopic (exact) mass is 336 g/mol. The van der Waals surface area contributed by atoms with Crippen molar-refractivity contribution in [1.29, 1.82) is 5.26 Å². The van der Waals surface area contributed by atoms with E-state index in [0.717, 1.165) is 5.56 Å². The summed E-state index contributed by atoms with van der Waals surface area (Å²) in [5.74, 6) is -0.871. The molecular weight excluding hydrogens is 326 g/mol. The molecule has 0 heterocycles. The van der Waals surface area contributed by atoms with Crippen LogP contribution in [0.2, 0.25) is 0 Å². The van der Waals surface area contributed by atoms with E-state index in [2.05, 4.69) is 21.2 Å². The second-order valence-electron chi connectivity index (χ2n) is 4.35. The number of nitrogens with zero attached hydrogens (tertiary/aromatic N) is 1. The average Bonchev–Trinajstić information content (AvgIpc) is 2.43. The van der Waals surface area contributed by atoms with E-state index in [1.165, 1.54) is 18.2 Å². The molecule has 2 aromatic carbocycles. The maximum Gasteiger partial charge on any atom is 0.141 e. The lowest BCUT2D eigenvalue weighted by Gasteiger charge is -2.16. The van der Waals surface area contributed by atoms with Crippen LogP contribution >= 0.6 is 15.9 Å². The average molecular weight is 337 g/mol. The minimum atomic E-state index is -0.546. The first-order valence-corrected chi connectivity index (χ1v) is 6.71. The number of anilines is 1. The molecule has 1 N–H and O–H groups in total. The number of benzene rings is 2. The summed E-state index contributed by atoms with van der Waals surface area (Å²) in [4.78, 5) is 0. The minimum Gasteiger partial charge on any atom is -0.378 e. The summed E-state index contributed by atoms with van der Waals surface area (Å²) >= 11 is 3.14. The molecule has 0 aliphatic rings. The summed E-state index contributed by atoms with van der Waals surface area (Å²) in [5, 5.41) is 11.9. The van der Waals surface area contributed by atoms with Gasteiger partial charge < -0.3 is 5.32 Å². The van der Waals surface area contributed by atoms with Gasteiger partial charge in [-0.25, -0.2) is 8.78 Å². The van der Waals surface area contributed by atoms with Gasteiger partial charge in [0.15, 0.2) is 0 Å². The van der Waals surface area contributed by atoms with Gasteiger partial charge in [0.25, 0.3) is 0 Å². The third-order valence-electron chi connectivity index (χ3n) is 2.91. The molecule has 2 rings (SSSR count). The summed E-state index contributed by atoms with van der Waals surface area (Å²) in [7, 11) is 0. The first-order chi connectivity index (χ1) is 9.51. The third kappa shape index (κ3) is 3.14. The molecule has 102 valence electrons. The van der Waals surface area contributed by atoms with Gasteiger partial charge in [0, 0.05) is 11.7 Å². The summed E-state index contributed by atoms with van der Waals surface area (Å²) in [5.41, 5.74) is 1.50. The summed E-state index contributed by atoms with van der Waals surface area (Å²) in [6, 6.07) is 10.7. The molecule has 1 atom stereocenters. The van der Waals surface area contributed by atoms with Gasteiger partial charge in [-0.1, -0.05) is 6.07 Å². The maximum absolute atomic E-state index is 13.2. The molecule has 0 saturated heterocycles. The Balaban J connectivity index is 2.21. The molecule has 0 spiro atoms. The van der Waals surface area contributed by atoms with Crippen molar-refractivity contribution in [2.24, 2.45) is 0 Å². The quantitative estimate of drug-likeness (QED) is 0.876. The molecule has 0 radical (unpaired) electrons. The number of hydrogen-bond donors (Lipinski definition) is 1. The van der Waals surface area contributed by atoms with Crippen LogP contribution in [0.5, 0.6) is 0 Å². The number of rotatable bonds is 3. The zero-order chi connectivity index (χ0) is 14.7. The first kappa shape index (κ1) is 14.5. The minimum absolute atomic E-state index is 0.0116. The van der Waals surface area contributed by atoms with Gasteiger partial charge >= 0.3 is 0 Å². The van der Waals surface area contributed by atoms with Gasteiger partial charge in [0.1, 0.15) is 17.7 Å². The van der Waals surface area contributed by atoms with Crippen LogP contribution in [-0.2, 0) is 0 Å². The number of nitrogens with one attached hydrogen (secondary N) is 1.